The molecule has 0 bridgehead atoms. The molecule has 0 fully saturated rings. The van der Waals surface area contributed by atoms with Crippen molar-refractivity contribution >= 4 is 22.8 Å². The molecule has 37 heavy (non-hydrogen) atoms. The predicted octanol–water partition coefficient (Wildman–Crippen LogP) is 6.04. The molecule has 4 aromatic rings. The van der Waals surface area contributed by atoms with Crippen molar-refractivity contribution in [2.75, 3.05) is 13.7 Å². The first-order chi connectivity index (χ1) is 17.8. The summed E-state index contributed by atoms with van der Waals surface area (Å²) >= 11 is 0. The maximum Gasteiger partial charge on any atom is 0.347 e. The van der Waals surface area contributed by atoms with Crippen LogP contribution in [0.15, 0.2) is 79.4 Å². The third kappa shape index (κ3) is 5.59. The fourth-order valence-electron chi connectivity index (χ4n) is 4.39. The standard InChI is InChI=1S/C31H31NO5/c1-6-16-36-31(34)22(4)37-26-9-7-8-23(18-26)19-27-21(3)32(29-15-10-20(2)17-28(27)29)30(33)24-11-13-25(35-5)14-12-24/h6-15,17-18,22H,1,16,19H2,2-5H3/t22-/m0/s1. The van der Waals surface area contributed by atoms with Crippen LogP contribution in [-0.2, 0) is 16.0 Å². The van der Waals surface area contributed by atoms with E-state index in [1.54, 1.807) is 42.9 Å². The number of methoxy groups -OCH3 is 1. The van der Waals surface area contributed by atoms with E-state index in [1.807, 2.05) is 50.2 Å². The van der Waals surface area contributed by atoms with E-state index in [1.165, 1.54) is 6.08 Å². The molecular weight excluding hydrogens is 466 g/mol. The molecular formula is C31H31NO5. The minimum absolute atomic E-state index is 0.0933. The molecule has 3 aromatic carbocycles. The summed E-state index contributed by atoms with van der Waals surface area (Å²) in [5.74, 6) is 0.737. The van der Waals surface area contributed by atoms with E-state index in [9.17, 15) is 9.59 Å². The number of hydrogen-bond donors (Lipinski definition) is 0. The Bertz CT molecular complexity index is 1450. The van der Waals surface area contributed by atoms with E-state index in [0.29, 0.717) is 23.5 Å². The van der Waals surface area contributed by atoms with Crippen molar-refractivity contribution in [1.82, 2.24) is 4.57 Å². The Balaban J connectivity index is 1.67. The van der Waals surface area contributed by atoms with Gasteiger partial charge in [0.15, 0.2) is 6.10 Å². The minimum atomic E-state index is -0.747. The quantitative estimate of drug-likeness (QED) is 0.208. The second kappa shape index (κ2) is 11.2. The Morgan fingerprint density at radius 1 is 1.00 bits per heavy atom. The van der Waals surface area contributed by atoms with E-state index in [4.69, 9.17) is 14.2 Å². The summed E-state index contributed by atoms with van der Waals surface area (Å²) in [6.45, 7) is 9.37. The van der Waals surface area contributed by atoms with Gasteiger partial charge in [-0.05, 0) is 86.8 Å². The van der Waals surface area contributed by atoms with Crippen molar-refractivity contribution in [3.8, 4) is 11.5 Å². The highest BCUT2D eigenvalue weighted by atomic mass is 16.6. The highest BCUT2D eigenvalue weighted by Gasteiger charge is 2.21. The largest absolute Gasteiger partial charge is 0.497 e. The summed E-state index contributed by atoms with van der Waals surface area (Å²) in [4.78, 5) is 25.7. The first-order valence-corrected chi connectivity index (χ1v) is 12.1. The van der Waals surface area contributed by atoms with E-state index in [0.717, 1.165) is 33.3 Å². The van der Waals surface area contributed by atoms with Crippen LogP contribution >= 0.6 is 0 Å². The van der Waals surface area contributed by atoms with Crippen molar-refractivity contribution in [2.24, 2.45) is 0 Å². The first-order valence-electron chi connectivity index (χ1n) is 12.1. The maximum absolute atomic E-state index is 13.6. The molecule has 0 amide bonds. The molecule has 0 aliphatic carbocycles. The maximum atomic E-state index is 13.6. The van der Waals surface area contributed by atoms with Crippen LogP contribution in [0.2, 0.25) is 0 Å². The summed E-state index contributed by atoms with van der Waals surface area (Å²) in [6.07, 6.45) is 1.37. The van der Waals surface area contributed by atoms with Crippen molar-refractivity contribution in [2.45, 2.75) is 33.3 Å². The van der Waals surface area contributed by atoms with Gasteiger partial charge in [0.05, 0.1) is 12.6 Å². The molecule has 0 saturated carbocycles. The van der Waals surface area contributed by atoms with Gasteiger partial charge in [-0.2, -0.15) is 0 Å². The average molecular weight is 498 g/mol. The number of fused-ring (bicyclic) bond motifs is 1. The van der Waals surface area contributed by atoms with E-state index in [-0.39, 0.29) is 12.5 Å². The van der Waals surface area contributed by atoms with Gasteiger partial charge in [-0.15, -0.1) is 0 Å². The van der Waals surface area contributed by atoms with E-state index >= 15 is 0 Å². The van der Waals surface area contributed by atoms with Gasteiger partial charge < -0.3 is 14.2 Å². The van der Waals surface area contributed by atoms with Gasteiger partial charge in [0.1, 0.15) is 18.1 Å². The zero-order valence-corrected chi connectivity index (χ0v) is 21.6. The third-order valence-corrected chi connectivity index (χ3v) is 6.30. The molecule has 6 nitrogen and oxygen atoms in total. The molecule has 1 atom stereocenters. The van der Waals surface area contributed by atoms with Gasteiger partial charge in [-0.3, -0.25) is 9.36 Å². The van der Waals surface area contributed by atoms with Crippen molar-refractivity contribution in [1.29, 1.82) is 0 Å². The van der Waals surface area contributed by atoms with Gasteiger partial charge in [-0.1, -0.05) is 36.4 Å². The Labute approximate surface area is 217 Å². The number of carbonyl (C=O) groups excluding carboxylic acids is 2. The Morgan fingerprint density at radius 3 is 2.46 bits per heavy atom. The lowest BCUT2D eigenvalue weighted by Crippen LogP contribution is -2.26. The Morgan fingerprint density at radius 2 is 1.76 bits per heavy atom. The number of aryl methyl sites for hydroxylation is 1. The van der Waals surface area contributed by atoms with Crippen LogP contribution < -0.4 is 9.47 Å². The zero-order chi connectivity index (χ0) is 26.5. The molecule has 0 aliphatic rings. The molecule has 0 saturated heterocycles. The number of benzene rings is 3. The van der Waals surface area contributed by atoms with Crippen molar-refractivity contribution < 1.29 is 23.8 Å². The zero-order valence-electron chi connectivity index (χ0n) is 21.6. The highest BCUT2D eigenvalue weighted by Crippen LogP contribution is 2.31. The predicted molar refractivity (Wildman–Crippen MR) is 145 cm³/mol. The van der Waals surface area contributed by atoms with Crippen LogP contribution in [0.25, 0.3) is 10.9 Å². The van der Waals surface area contributed by atoms with Gasteiger partial charge in [0.2, 0.25) is 0 Å². The molecule has 0 N–H and O–H groups in total. The molecule has 0 aliphatic heterocycles. The van der Waals surface area contributed by atoms with Crippen molar-refractivity contribution in [3.63, 3.8) is 0 Å². The first kappa shape index (κ1) is 25.8. The van der Waals surface area contributed by atoms with Gasteiger partial charge in [-0.25, -0.2) is 4.79 Å². The Hall–Kier alpha value is -4.32. The molecule has 0 radical (unpaired) electrons. The fourth-order valence-corrected chi connectivity index (χ4v) is 4.39. The molecule has 0 unspecified atom stereocenters. The van der Waals surface area contributed by atoms with Crippen LogP contribution in [0.1, 0.15) is 39.7 Å². The van der Waals surface area contributed by atoms with Crippen LogP contribution in [0.4, 0.5) is 0 Å². The Kier molecular flexibility index (Phi) is 7.77. The molecule has 0 spiro atoms. The van der Waals surface area contributed by atoms with Gasteiger partial charge >= 0.3 is 5.97 Å². The van der Waals surface area contributed by atoms with Crippen LogP contribution in [0.5, 0.6) is 11.5 Å². The van der Waals surface area contributed by atoms with Gasteiger partial charge in [0.25, 0.3) is 5.91 Å². The lowest BCUT2D eigenvalue weighted by molar-refractivity contribution is -0.149. The average Bonchev–Trinajstić information content (AvgIpc) is 3.17. The van der Waals surface area contributed by atoms with E-state index in [2.05, 4.69) is 12.6 Å². The van der Waals surface area contributed by atoms with E-state index < -0.39 is 12.1 Å². The number of nitrogens with zero attached hydrogens (tertiary/aromatic N) is 1. The monoisotopic (exact) mass is 497 g/mol. The summed E-state index contributed by atoms with van der Waals surface area (Å²) in [6, 6.07) is 20.9. The number of esters is 1. The van der Waals surface area contributed by atoms with Crippen molar-refractivity contribution in [3.05, 3.63) is 107 Å². The topological polar surface area (TPSA) is 66.8 Å². The molecule has 190 valence electrons. The summed E-state index contributed by atoms with van der Waals surface area (Å²) < 4.78 is 17.9. The number of aromatic nitrogens is 1. The summed E-state index contributed by atoms with van der Waals surface area (Å²) in [5.41, 5.74) is 5.52. The minimum Gasteiger partial charge on any atom is -0.497 e. The van der Waals surface area contributed by atoms with Crippen LogP contribution in [0.3, 0.4) is 0 Å². The molecule has 1 aromatic heterocycles. The van der Waals surface area contributed by atoms with Crippen LogP contribution in [-0.4, -0.2) is 36.3 Å². The normalized spacial score (nSPS) is 11.7. The fraction of sp³-hybridized carbons (Fsp3) is 0.226. The summed E-state index contributed by atoms with van der Waals surface area (Å²) in [5, 5.41) is 1.03. The number of carbonyl (C=O) groups is 2. The molecule has 1 heterocycles. The lowest BCUT2D eigenvalue weighted by Gasteiger charge is -2.14. The van der Waals surface area contributed by atoms with Crippen LogP contribution in [0, 0.1) is 13.8 Å². The third-order valence-electron chi connectivity index (χ3n) is 6.30. The smallest absolute Gasteiger partial charge is 0.347 e. The second-order valence-electron chi connectivity index (χ2n) is 8.96. The summed E-state index contributed by atoms with van der Waals surface area (Å²) in [7, 11) is 1.60. The second-order valence-corrected chi connectivity index (χ2v) is 8.96. The number of hydrogen-bond acceptors (Lipinski definition) is 5. The lowest BCUT2D eigenvalue weighted by atomic mass is 10.0. The molecule has 4 rings (SSSR count). The highest BCUT2D eigenvalue weighted by molar-refractivity contribution is 6.04. The van der Waals surface area contributed by atoms with Gasteiger partial charge in [0, 0.05) is 16.6 Å². The number of ether oxygens (including phenoxy) is 3. The number of rotatable bonds is 9. The molecule has 6 heteroatoms. The SMILES string of the molecule is C=CCOC(=O)[C@H](C)Oc1cccc(Cc2c(C)n(C(=O)c3ccc(OC)cc3)c3ccc(C)cc23)c1.